The Morgan fingerprint density at radius 2 is 1.95 bits per heavy atom. The maximum atomic E-state index is 5.16. The van der Waals surface area contributed by atoms with E-state index >= 15 is 0 Å². The molecule has 0 bridgehead atoms. The van der Waals surface area contributed by atoms with Crippen molar-refractivity contribution in [2.75, 3.05) is 11.9 Å². The van der Waals surface area contributed by atoms with Gasteiger partial charge in [0.25, 0.3) is 0 Å². The summed E-state index contributed by atoms with van der Waals surface area (Å²) in [5, 5.41) is 6.52. The third-order valence-electron chi connectivity index (χ3n) is 2.17. The monoisotopic (exact) mass is 338 g/mol. The fraction of sp³-hybridized carbons (Fsp3) is 0.182. The van der Waals surface area contributed by atoms with Gasteiger partial charge in [0.2, 0.25) is 0 Å². The molecule has 0 aliphatic rings. The zero-order chi connectivity index (χ0) is 13.5. The van der Waals surface area contributed by atoms with Crippen LogP contribution in [0.25, 0.3) is 0 Å². The third-order valence-corrected chi connectivity index (χ3v) is 3.00. The predicted molar refractivity (Wildman–Crippen MR) is 79.7 cm³/mol. The molecule has 6 nitrogen and oxygen atoms in total. The van der Waals surface area contributed by atoms with Gasteiger partial charge in [0, 0.05) is 43.9 Å². The van der Waals surface area contributed by atoms with Gasteiger partial charge in [0.15, 0.2) is 10.9 Å². The molecule has 19 heavy (non-hydrogen) atoms. The summed E-state index contributed by atoms with van der Waals surface area (Å²) in [5.74, 6) is 0.583. The zero-order valence-electron chi connectivity index (χ0n) is 9.88. The lowest BCUT2D eigenvalue weighted by Crippen LogP contribution is -2.30. The van der Waals surface area contributed by atoms with Crippen molar-refractivity contribution < 1.29 is 0 Å². The maximum Gasteiger partial charge on any atom is 0.172 e. The van der Waals surface area contributed by atoms with Crippen LogP contribution in [-0.4, -0.2) is 31.6 Å². The molecular formula is C11H11BrN6S. The smallest absolute Gasteiger partial charge is 0.172 e. The van der Waals surface area contributed by atoms with Gasteiger partial charge in [-0.15, -0.1) is 0 Å². The van der Waals surface area contributed by atoms with Gasteiger partial charge in [0.1, 0.15) is 4.60 Å². The Morgan fingerprint density at radius 1 is 1.16 bits per heavy atom. The fourth-order valence-corrected chi connectivity index (χ4v) is 1.84. The van der Waals surface area contributed by atoms with Crippen LogP contribution in [0.2, 0.25) is 0 Å². The van der Waals surface area contributed by atoms with Crippen LogP contribution in [0.5, 0.6) is 0 Å². The van der Waals surface area contributed by atoms with Gasteiger partial charge >= 0.3 is 0 Å². The molecule has 0 aliphatic carbocycles. The molecule has 2 aromatic heterocycles. The minimum Gasteiger partial charge on any atom is -0.362 e. The van der Waals surface area contributed by atoms with E-state index in [-0.39, 0.29) is 0 Å². The summed E-state index contributed by atoms with van der Waals surface area (Å²) in [7, 11) is 0. The van der Waals surface area contributed by atoms with Crippen molar-refractivity contribution >= 4 is 39.1 Å². The molecule has 0 radical (unpaired) electrons. The van der Waals surface area contributed by atoms with E-state index < -0.39 is 0 Å². The Kier molecular flexibility index (Phi) is 5.10. The minimum atomic E-state index is 0.491. The molecule has 0 amide bonds. The molecule has 98 valence electrons. The maximum absolute atomic E-state index is 5.16. The summed E-state index contributed by atoms with van der Waals surface area (Å²) in [6.45, 7) is 0.669. The number of halogens is 1. The van der Waals surface area contributed by atoms with E-state index in [0.29, 0.717) is 22.1 Å². The molecule has 2 heterocycles. The van der Waals surface area contributed by atoms with Crippen LogP contribution in [-0.2, 0) is 6.42 Å². The summed E-state index contributed by atoms with van der Waals surface area (Å²) >= 11 is 8.45. The van der Waals surface area contributed by atoms with Gasteiger partial charge in [-0.1, -0.05) is 0 Å². The molecule has 8 heteroatoms. The first-order chi connectivity index (χ1) is 9.25. The summed E-state index contributed by atoms with van der Waals surface area (Å²) < 4.78 is 0.619. The lowest BCUT2D eigenvalue weighted by molar-refractivity contribution is 0.839. The lowest BCUT2D eigenvalue weighted by Gasteiger charge is -2.09. The van der Waals surface area contributed by atoms with Gasteiger partial charge in [-0.25, -0.2) is 9.97 Å². The molecule has 0 aromatic carbocycles. The van der Waals surface area contributed by atoms with Gasteiger partial charge in [-0.2, -0.15) is 0 Å². The van der Waals surface area contributed by atoms with E-state index in [1.165, 1.54) is 0 Å². The second-order valence-electron chi connectivity index (χ2n) is 3.52. The normalized spacial score (nSPS) is 9.95. The average molecular weight is 339 g/mol. The van der Waals surface area contributed by atoms with Gasteiger partial charge in [0.05, 0.1) is 5.69 Å². The van der Waals surface area contributed by atoms with E-state index in [9.17, 15) is 0 Å². The van der Waals surface area contributed by atoms with E-state index in [0.717, 1.165) is 12.1 Å². The van der Waals surface area contributed by atoms with Crippen LogP contribution in [0.15, 0.2) is 35.6 Å². The number of nitrogens with one attached hydrogen (secondary N) is 2. The number of thiocarbonyl (C=S) groups is 1. The van der Waals surface area contributed by atoms with Crippen molar-refractivity contribution in [1.29, 1.82) is 0 Å². The van der Waals surface area contributed by atoms with Gasteiger partial charge in [-0.3, -0.25) is 9.97 Å². The van der Waals surface area contributed by atoms with Crippen molar-refractivity contribution in [1.82, 2.24) is 25.3 Å². The SMILES string of the molecule is S=C(NCCc1cnccn1)Nc1nccnc1Br. The van der Waals surface area contributed by atoms with Crippen LogP contribution < -0.4 is 10.6 Å². The molecule has 0 saturated heterocycles. The summed E-state index contributed by atoms with van der Waals surface area (Å²) in [6.07, 6.45) is 8.99. The second-order valence-corrected chi connectivity index (χ2v) is 4.68. The van der Waals surface area contributed by atoms with Crippen LogP contribution in [0.1, 0.15) is 5.69 Å². The second kappa shape index (κ2) is 7.05. The number of hydrogen-bond acceptors (Lipinski definition) is 5. The summed E-state index contributed by atoms with van der Waals surface area (Å²) in [4.78, 5) is 16.3. The zero-order valence-corrected chi connectivity index (χ0v) is 12.3. The average Bonchev–Trinajstić information content (AvgIpc) is 2.43. The number of anilines is 1. The molecule has 0 unspecified atom stereocenters. The number of aromatic nitrogens is 4. The fourth-order valence-electron chi connectivity index (χ4n) is 1.32. The standard InChI is InChI=1S/C11H11BrN6S/c12-9-10(16-6-5-15-9)18-11(19)17-2-1-8-7-13-3-4-14-8/h3-7H,1-2H2,(H2,16,17,18,19). The van der Waals surface area contributed by atoms with Gasteiger partial charge < -0.3 is 10.6 Å². The molecule has 0 atom stereocenters. The number of nitrogens with zero attached hydrogens (tertiary/aromatic N) is 4. The Morgan fingerprint density at radius 3 is 2.68 bits per heavy atom. The van der Waals surface area contributed by atoms with Crippen molar-refractivity contribution in [3.8, 4) is 0 Å². The Bertz CT molecular complexity index is 550. The van der Waals surface area contributed by atoms with Crippen molar-refractivity contribution in [3.05, 3.63) is 41.3 Å². The number of rotatable bonds is 4. The van der Waals surface area contributed by atoms with Crippen molar-refractivity contribution in [3.63, 3.8) is 0 Å². The highest BCUT2D eigenvalue weighted by molar-refractivity contribution is 9.10. The van der Waals surface area contributed by atoms with E-state index in [2.05, 4.69) is 46.5 Å². The summed E-state index contributed by atoms with van der Waals surface area (Å²) in [6, 6.07) is 0. The molecule has 0 spiro atoms. The lowest BCUT2D eigenvalue weighted by atomic mass is 10.3. The van der Waals surface area contributed by atoms with Crippen LogP contribution in [0, 0.1) is 0 Å². The molecule has 0 aliphatic heterocycles. The summed E-state index contributed by atoms with van der Waals surface area (Å²) in [5.41, 5.74) is 0.915. The first kappa shape index (κ1) is 13.8. The molecule has 2 rings (SSSR count). The highest BCUT2D eigenvalue weighted by atomic mass is 79.9. The highest BCUT2D eigenvalue weighted by Gasteiger charge is 2.03. The molecule has 0 fully saturated rings. The van der Waals surface area contributed by atoms with Crippen LogP contribution in [0.3, 0.4) is 0 Å². The minimum absolute atomic E-state index is 0.491. The van der Waals surface area contributed by atoms with Crippen molar-refractivity contribution in [2.24, 2.45) is 0 Å². The van der Waals surface area contributed by atoms with E-state index in [1.807, 2.05) is 0 Å². The topological polar surface area (TPSA) is 75.6 Å². The van der Waals surface area contributed by atoms with E-state index in [4.69, 9.17) is 12.2 Å². The third kappa shape index (κ3) is 4.49. The van der Waals surface area contributed by atoms with E-state index in [1.54, 1.807) is 31.0 Å². The van der Waals surface area contributed by atoms with Crippen LogP contribution in [0.4, 0.5) is 5.82 Å². The molecule has 2 aromatic rings. The number of hydrogen-bond donors (Lipinski definition) is 2. The predicted octanol–water partition coefficient (Wildman–Crippen LogP) is 1.56. The highest BCUT2D eigenvalue weighted by Crippen LogP contribution is 2.14. The Balaban J connectivity index is 1.78. The quantitative estimate of drug-likeness (QED) is 0.819. The Hall–Kier alpha value is -1.67. The first-order valence-corrected chi connectivity index (χ1v) is 6.72. The molecular weight excluding hydrogens is 328 g/mol. The molecule has 0 saturated carbocycles. The van der Waals surface area contributed by atoms with Crippen LogP contribution >= 0.6 is 28.1 Å². The first-order valence-electron chi connectivity index (χ1n) is 5.52. The van der Waals surface area contributed by atoms with Gasteiger partial charge in [-0.05, 0) is 28.1 Å². The molecule has 2 N–H and O–H groups in total. The Labute approximate surface area is 124 Å². The van der Waals surface area contributed by atoms with Crippen molar-refractivity contribution in [2.45, 2.75) is 6.42 Å². The largest absolute Gasteiger partial charge is 0.362 e.